The Balaban J connectivity index is 0.713. The van der Waals surface area contributed by atoms with E-state index in [4.69, 9.17) is 11.6 Å². The third kappa shape index (κ3) is 18.5. The highest BCUT2D eigenvalue weighted by molar-refractivity contribution is 6.30. The molecule has 0 amide bonds. The average molecular weight is 1610 g/mol. The summed E-state index contributed by atoms with van der Waals surface area (Å²) < 4.78 is 0. The number of fused-ring (bicyclic) bond motifs is 12. The summed E-state index contributed by atoms with van der Waals surface area (Å²) in [6.45, 7) is 19.0. The van der Waals surface area contributed by atoms with Gasteiger partial charge in [0.2, 0.25) is 0 Å². The Kier molecular flexibility index (Phi) is 29.5. The van der Waals surface area contributed by atoms with E-state index in [1.165, 1.54) is 386 Å². The molecule has 0 aliphatic heterocycles. The number of hydrogen-bond acceptors (Lipinski definition) is 0. The lowest BCUT2D eigenvalue weighted by molar-refractivity contribution is 0.398. The summed E-state index contributed by atoms with van der Waals surface area (Å²) in [6, 6.07) is 90.3. The molecule has 0 nitrogen and oxygen atoms in total. The van der Waals surface area contributed by atoms with Crippen LogP contribution in [0.25, 0.3) is 111 Å². The average Bonchev–Trinajstić information content (AvgIpc) is 1.58. The van der Waals surface area contributed by atoms with Crippen LogP contribution in [0.4, 0.5) is 0 Å². The van der Waals surface area contributed by atoms with Crippen LogP contribution in [0.1, 0.15) is 363 Å². The molecule has 1 unspecified atom stereocenters. The van der Waals surface area contributed by atoms with Crippen LogP contribution in [0, 0.1) is 0 Å². The molecule has 11 aromatic carbocycles. The van der Waals surface area contributed by atoms with Gasteiger partial charge in [-0.3, -0.25) is 0 Å². The molecule has 120 heavy (non-hydrogen) atoms. The maximum absolute atomic E-state index is 6.51. The fraction of sp³-hybridized carbons (Fsp3) is 0.445. The molecule has 0 spiro atoms. The van der Waals surface area contributed by atoms with Crippen molar-refractivity contribution < 1.29 is 0 Å². The summed E-state index contributed by atoms with van der Waals surface area (Å²) in [7, 11) is 0. The number of hydrogen-bond donors (Lipinski definition) is 0. The molecule has 15 rings (SSSR count). The van der Waals surface area contributed by atoms with Crippen LogP contribution in [0.5, 0.6) is 0 Å². The van der Waals surface area contributed by atoms with Gasteiger partial charge < -0.3 is 0 Å². The zero-order chi connectivity index (χ0) is 82.9. The van der Waals surface area contributed by atoms with Gasteiger partial charge in [-0.15, -0.1) is 0 Å². The number of rotatable bonds is 47. The monoisotopic (exact) mass is 1610 g/mol. The molecule has 0 saturated heterocycles. The molecule has 0 saturated carbocycles. The van der Waals surface area contributed by atoms with Crippen molar-refractivity contribution in [2.75, 3.05) is 0 Å². The Morgan fingerprint density at radius 3 is 0.600 bits per heavy atom. The van der Waals surface area contributed by atoms with Crippen molar-refractivity contribution in [3.05, 3.63) is 274 Å². The molecule has 1 atom stereocenters. The minimum Gasteiger partial charge on any atom is -0.0843 e. The van der Waals surface area contributed by atoms with Crippen molar-refractivity contribution in [1.29, 1.82) is 0 Å². The Hall–Kier alpha value is -8.29. The lowest BCUT2D eigenvalue weighted by Gasteiger charge is -2.33. The van der Waals surface area contributed by atoms with Gasteiger partial charge in [0.05, 0.1) is 0 Å². The molecule has 0 bridgehead atoms. The first kappa shape index (κ1) is 86.6. The van der Waals surface area contributed by atoms with Gasteiger partial charge in [0.1, 0.15) is 0 Å². The van der Waals surface area contributed by atoms with Gasteiger partial charge in [-0.1, -0.05) is 462 Å². The summed E-state index contributed by atoms with van der Waals surface area (Å²) in [4.78, 5) is 0. The Morgan fingerprint density at radius 1 is 0.175 bits per heavy atom. The smallest absolute Gasteiger partial charge is 0.0406 e. The summed E-state index contributed by atoms with van der Waals surface area (Å²) in [5, 5.41) is 0.788. The van der Waals surface area contributed by atoms with E-state index >= 15 is 0 Å². The third-order valence-electron chi connectivity index (χ3n) is 29.8. The molecular weight excluding hydrogens is 1460 g/mol. The van der Waals surface area contributed by atoms with E-state index in [0.29, 0.717) is 0 Å². The highest BCUT2D eigenvalue weighted by Crippen LogP contribution is 2.60. The summed E-state index contributed by atoms with van der Waals surface area (Å²) in [5.74, 6) is 0. The van der Waals surface area contributed by atoms with Crippen molar-refractivity contribution in [2.45, 2.75) is 340 Å². The molecule has 0 heterocycles. The number of unbranched alkanes of at least 4 members (excludes halogenated alkanes) is 29. The maximum Gasteiger partial charge on any atom is 0.0406 e. The highest BCUT2D eigenvalue weighted by atomic mass is 35.5. The van der Waals surface area contributed by atoms with Crippen LogP contribution >= 0.6 is 11.6 Å². The molecule has 1 heteroatoms. The van der Waals surface area contributed by atoms with Crippen LogP contribution in [0.2, 0.25) is 5.02 Å². The minimum atomic E-state index is -0.161. The predicted molar refractivity (Wildman–Crippen MR) is 524 cm³/mol. The van der Waals surface area contributed by atoms with E-state index < -0.39 is 0 Å². The molecule has 626 valence electrons. The first-order valence-electron chi connectivity index (χ1n) is 49.0. The third-order valence-corrected chi connectivity index (χ3v) is 30.0. The van der Waals surface area contributed by atoms with E-state index in [0.717, 1.165) is 5.02 Å². The van der Waals surface area contributed by atoms with E-state index in [1.807, 2.05) is 0 Å². The Morgan fingerprint density at radius 2 is 0.350 bits per heavy atom. The van der Waals surface area contributed by atoms with Crippen molar-refractivity contribution in [3.63, 3.8) is 0 Å². The van der Waals surface area contributed by atoms with Crippen LogP contribution < -0.4 is 0 Å². The van der Waals surface area contributed by atoms with Crippen molar-refractivity contribution >= 4 is 11.6 Å². The molecule has 0 aromatic heterocycles. The quantitative estimate of drug-likeness (QED) is 0.0334. The first-order valence-corrected chi connectivity index (χ1v) is 49.4. The topological polar surface area (TPSA) is 0 Å². The van der Waals surface area contributed by atoms with Crippen LogP contribution in [-0.4, -0.2) is 0 Å². The second-order valence-electron chi connectivity index (χ2n) is 38.2. The van der Waals surface area contributed by atoms with E-state index in [-0.39, 0.29) is 21.7 Å². The van der Waals surface area contributed by atoms with E-state index in [1.54, 1.807) is 33.4 Å². The second kappa shape index (κ2) is 40.8. The second-order valence-corrected chi connectivity index (χ2v) is 38.6. The molecule has 11 aromatic rings. The number of benzene rings is 11. The van der Waals surface area contributed by atoms with Crippen molar-refractivity contribution in [1.82, 2.24) is 0 Å². The lowest BCUT2D eigenvalue weighted by atomic mass is 9.70. The van der Waals surface area contributed by atoms with Crippen LogP contribution in [0.3, 0.4) is 0 Å². The van der Waals surface area contributed by atoms with Crippen molar-refractivity contribution in [3.8, 4) is 111 Å². The zero-order valence-electron chi connectivity index (χ0n) is 75.2. The number of halogens is 1. The Bertz CT molecular complexity index is 5160. The summed E-state index contributed by atoms with van der Waals surface area (Å²) >= 11 is 6.51. The van der Waals surface area contributed by atoms with Gasteiger partial charge in [0.15, 0.2) is 0 Å². The molecule has 0 radical (unpaired) electrons. The normalized spacial score (nSPS) is 15.1. The fourth-order valence-electron chi connectivity index (χ4n) is 22.8. The largest absolute Gasteiger partial charge is 0.0843 e. The molecular formula is C119H143Cl. The van der Waals surface area contributed by atoms with Crippen LogP contribution in [0.15, 0.2) is 224 Å². The molecule has 4 aliphatic rings. The van der Waals surface area contributed by atoms with Crippen LogP contribution in [-0.2, 0) is 21.7 Å². The molecule has 0 fully saturated rings. The van der Waals surface area contributed by atoms with Crippen molar-refractivity contribution in [2.24, 2.45) is 0 Å². The SMILES string of the molecule is CCCCCCCCC1(CCCCCCC)c2cc(-c3ccc(Cl)cc3)ccc2-c2ccc(-c3ccc(-c4ccc5c(c4)C(CCCCCCCC)(CCCCCCCC)c4cc(-c6ccc(-c7ccc8c(c7)C(C)(C)c7cc(-c9ccc%10c(c9)C(CCCCCCCC)(CCCCCCCC)c9ccccc9-%10)ccc7-8)cc6)ccc4-5)cc3)cc21. The predicted octanol–water partition coefficient (Wildman–Crippen LogP) is 37.6. The van der Waals surface area contributed by atoms with Gasteiger partial charge in [-0.25, -0.2) is 0 Å². The summed E-state index contributed by atoms with van der Waals surface area (Å²) in [6.07, 6.45) is 53.1. The fourth-order valence-corrected chi connectivity index (χ4v) is 23.0. The molecule has 0 N–H and O–H groups in total. The van der Waals surface area contributed by atoms with E-state index in [2.05, 4.69) is 280 Å². The highest BCUT2D eigenvalue weighted by Gasteiger charge is 2.46. The maximum atomic E-state index is 6.51. The van der Waals surface area contributed by atoms with Gasteiger partial charge in [-0.2, -0.15) is 0 Å². The minimum absolute atomic E-state index is 0.0395. The standard InChI is InChI=1S/C119H143Cl/c1-9-15-21-27-33-41-74-117(75-42-34-28-22-16-10-2)108-47-39-38-46-100(108)103-73-64-98(86-111(103)117)97-63-68-102-101-67-58-92(80-109(101)116(7,8)110(102)81-97)87-48-50-88(51-49-87)93-59-69-104-105-70-60-95(84-114(105)119(113(104)83-93,78-44-36-30-24-18-12-4)79-45-37-31-25-19-13-5)90-54-52-89(53-55-90)94-61-71-106-107-72-62-96(91-56-65-99(120)66-57-91)85-115(107)118(112(106)82-94,76-40-32-26-20-14-6)77-43-35-29-23-17-11-3/h38-39,46-73,80-86H,9-37,40-45,74-79H2,1-8H3. The first-order chi connectivity index (χ1) is 58.9. The molecule has 4 aliphatic carbocycles. The van der Waals surface area contributed by atoms with E-state index in [9.17, 15) is 0 Å². The Labute approximate surface area is 732 Å². The van der Waals surface area contributed by atoms with Gasteiger partial charge in [-0.05, 0) is 249 Å². The van der Waals surface area contributed by atoms with Gasteiger partial charge in [0, 0.05) is 26.7 Å². The van der Waals surface area contributed by atoms with Gasteiger partial charge in [0.25, 0.3) is 0 Å². The summed E-state index contributed by atoms with van der Waals surface area (Å²) in [5.41, 5.74) is 39.3. The zero-order valence-corrected chi connectivity index (χ0v) is 76.0. The lowest BCUT2D eigenvalue weighted by Crippen LogP contribution is -2.25. The van der Waals surface area contributed by atoms with Gasteiger partial charge >= 0.3 is 0 Å².